The number of nitrogens with zero attached hydrogens (tertiary/aromatic N) is 3. The van der Waals surface area contributed by atoms with Crippen molar-refractivity contribution in [2.75, 3.05) is 31.6 Å². The summed E-state index contributed by atoms with van der Waals surface area (Å²) < 4.78 is 5.42. The smallest absolute Gasteiger partial charge is 0.225 e. The summed E-state index contributed by atoms with van der Waals surface area (Å²) in [7, 11) is 0. The number of nitrogens with one attached hydrogen (secondary N) is 1. The van der Waals surface area contributed by atoms with Crippen LogP contribution in [0.5, 0.6) is 5.88 Å². The summed E-state index contributed by atoms with van der Waals surface area (Å²) in [5.41, 5.74) is 0. The van der Waals surface area contributed by atoms with E-state index in [1.165, 1.54) is 51.6 Å². The molecule has 2 heterocycles. The number of likely N-dealkylation sites (tertiary alicyclic amines) is 1. The van der Waals surface area contributed by atoms with Gasteiger partial charge in [0.2, 0.25) is 11.8 Å². The first-order valence-electron chi connectivity index (χ1n) is 8.79. The molecule has 1 aliphatic heterocycles. The summed E-state index contributed by atoms with van der Waals surface area (Å²) in [6, 6.07) is 2.64. The summed E-state index contributed by atoms with van der Waals surface area (Å²) in [5, 5.41) is 3.38. The van der Waals surface area contributed by atoms with Crippen molar-refractivity contribution < 1.29 is 4.74 Å². The zero-order chi connectivity index (χ0) is 15.2. The van der Waals surface area contributed by atoms with Crippen LogP contribution in [0, 0.1) is 5.92 Å². The lowest BCUT2D eigenvalue weighted by molar-refractivity contribution is 0.186. The molecule has 22 heavy (non-hydrogen) atoms. The van der Waals surface area contributed by atoms with Crippen LogP contribution in [-0.2, 0) is 0 Å². The van der Waals surface area contributed by atoms with Gasteiger partial charge < -0.3 is 15.0 Å². The molecule has 3 rings (SSSR count). The lowest BCUT2D eigenvalue weighted by Crippen LogP contribution is -2.35. The second-order valence-corrected chi connectivity index (χ2v) is 6.47. The minimum atomic E-state index is 0.634. The van der Waals surface area contributed by atoms with E-state index in [4.69, 9.17) is 4.74 Å². The summed E-state index contributed by atoms with van der Waals surface area (Å²) in [5.74, 6) is 2.04. The standard InChI is InChI=1S/C17H28N4O/c1-2-22-16-8-10-18-17(20-16)19-12-14-9-11-21(13-14)15-6-4-3-5-7-15/h8,10,14-15H,2-7,9,11-13H2,1H3,(H,18,19,20). The fourth-order valence-corrected chi connectivity index (χ4v) is 3.70. The molecule has 0 aromatic carbocycles. The van der Waals surface area contributed by atoms with Gasteiger partial charge in [-0.1, -0.05) is 19.3 Å². The first-order valence-corrected chi connectivity index (χ1v) is 8.79. The molecule has 0 amide bonds. The molecular weight excluding hydrogens is 276 g/mol. The van der Waals surface area contributed by atoms with Gasteiger partial charge >= 0.3 is 0 Å². The van der Waals surface area contributed by atoms with Crippen LogP contribution >= 0.6 is 0 Å². The zero-order valence-electron chi connectivity index (χ0n) is 13.6. The Morgan fingerprint density at radius 1 is 1.27 bits per heavy atom. The van der Waals surface area contributed by atoms with E-state index < -0.39 is 0 Å². The molecular formula is C17H28N4O. The maximum Gasteiger partial charge on any atom is 0.225 e. The van der Waals surface area contributed by atoms with Gasteiger partial charge in [0.15, 0.2) is 0 Å². The van der Waals surface area contributed by atoms with E-state index in [0.29, 0.717) is 24.4 Å². The highest BCUT2D eigenvalue weighted by molar-refractivity contribution is 5.27. The quantitative estimate of drug-likeness (QED) is 0.875. The van der Waals surface area contributed by atoms with Gasteiger partial charge in [-0.2, -0.15) is 4.98 Å². The molecule has 1 aromatic heterocycles. The molecule has 1 saturated heterocycles. The first-order chi connectivity index (χ1) is 10.8. The molecule has 1 aliphatic carbocycles. The lowest BCUT2D eigenvalue weighted by atomic mass is 9.94. The average Bonchev–Trinajstić information content (AvgIpc) is 3.04. The van der Waals surface area contributed by atoms with Gasteiger partial charge in [0, 0.05) is 31.4 Å². The van der Waals surface area contributed by atoms with Crippen LogP contribution in [0.3, 0.4) is 0 Å². The van der Waals surface area contributed by atoms with Gasteiger partial charge in [-0.15, -0.1) is 0 Å². The van der Waals surface area contributed by atoms with Crippen molar-refractivity contribution in [2.45, 2.75) is 51.5 Å². The normalized spacial score (nSPS) is 23.6. The van der Waals surface area contributed by atoms with Gasteiger partial charge in [0.05, 0.1) is 6.61 Å². The van der Waals surface area contributed by atoms with Crippen LogP contribution in [0.25, 0.3) is 0 Å². The molecule has 0 radical (unpaired) electrons. The average molecular weight is 304 g/mol. The van der Waals surface area contributed by atoms with Crippen molar-refractivity contribution in [3.63, 3.8) is 0 Å². The van der Waals surface area contributed by atoms with Gasteiger partial charge in [-0.05, 0) is 38.6 Å². The summed E-state index contributed by atoms with van der Waals surface area (Å²) in [6.45, 7) is 6.04. The fraction of sp³-hybridized carbons (Fsp3) is 0.765. The molecule has 5 heteroatoms. The summed E-state index contributed by atoms with van der Waals surface area (Å²) >= 11 is 0. The van der Waals surface area contributed by atoms with Gasteiger partial charge in [-0.25, -0.2) is 4.98 Å². The molecule has 1 saturated carbocycles. The van der Waals surface area contributed by atoms with Gasteiger partial charge in [0.1, 0.15) is 0 Å². The molecule has 1 unspecified atom stereocenters. The van der Waals surface area contributed by atoms with E-state index in [9.17, 15) is 0 Å². The van der Waals surface area contributed by atoms with Crippen LogP contribution < -0.4 is 10.1 Å². The van der Waals surface area contributed by atoms with Crippen LogP contribution in [0.1, 0.15) is 45.4 Å². The van der Waals surface area contributed by atoms with Crippen molar-refractivity contribution in [3.8, 4) is 5.88 Å². The highest BCUT2D eigenvalue weighted by Crippen LogP contribution is 2.27. The molecule has 122 valence electrons. The molecule has 1 N–H and O–H groups in total. The molecule has 1 atom stereocenters. The SMILES string of the molecule is CCOc1ccnc(NCC2CCN(C3CCCCC3)C2)n1. The lowest BCUT2D eigenvalue weighted by Gasteiger charge is -2.31. The largest absolute Gasteiger partial charge is 0.478 e. The Labute approximate surface area is 133 Å². The van der Waals surface area contributed by atoms with Crippen LogP contribution in [0.15, 0.2) is 12.3 Å². The predicted molar refractivity (Wildman–Crippen MR) is 88.2 cm³/mol. The van der Waals surface area contributed by atoms with E-state index in [2.05, 4.69) is 20.2 Å². The summed E-state index contributed by atoms with van der Waals surface area (Å²) in [6.07, 6.45) is 10.1. The summed E-state index contributed by atoms with van der Waals surface area (Å²) in [4.78, 5) is 11.4. The second kappa shape index (κ2) is 7.77. The predicted octanol–water partition coefficient (Wildman–Crippen LogP) is 2.94. The Morgan fingerprint density at radius 3 is 2.95 bits per heavy atom. The van der Waals surface area contributed by atoms with Crippen molar-refractivity contribution in [1.29, 1.82) is 0 Å². The third-order valence-corrected chi connectivity index (χ3v) is 4.88. The van der Waals surface area contributed by atoms with E-state index in [0.717, 1.165) is 12.6 Å². The van der Waals surface area contributed by atoms with E-state index >= 15 is 0 Å². The molecule has 0 spiro atoms. The van der Waals surface area contributed by atoms with E-state index in [-0.39, 0.29) is 0 Å². The van der Waals surface area contributed by atoms with Crippen molar-refractivity contribution in [1.82, 2.24) is 14.9 Å². The second-order valence-electron chi connectivity index (χ2n) is 6.47. The van der Waals surface area contributed by atoms with Crippen LogP contribution in [-0.4, -0.2) is 47.2 Å². The topological polar surface area (TPSA) is 50.3 Å². The number of anilines is 1. The van der Waals surface area contributed by atoms with Crippen LogP contribution in [0.4, 0.5) is 5.95 Å². The number of hydrogen-bond acceptors (Lipinski definition) is 5. The molecule has 2 fully saturated rings. The maximum atomic E-state index is 5.42. The maximum absolute atomic E-state index is 5.42. The van der Waals surface area contributed by atoms with Crippen molar-refractivity contribution in [2.24, 2.45) is 5.92 Å². The number of hydrogen-bond donors (Lipinski definition) is 1. The van der Waals surface area contributed by atoms with Gasteiger partial charge in [0.25, 0.3) is 0 Å². The Bertz CT molecular complexity index is 462. The highest BCUT2D eigenvalue weighted by Gasteiger charge is 2.28. The molecule has 0 bridgehead atoms. The minimum absolute atomic E-state index is 0.634. The Kier molecular flexibility index (Phi) is 5.48. The molecule has 2 aliphatic rings. The minimum Gasteiger partial charge on any atom is -0.478 e. The third-order valence-electron chi connectivity index (χ3n) is 4.88. The fourth-order valence-electron chi connectivity index (χ4n) is 3.70. The van der Waals surface area contributed by atoms with E-state index in [1.54, 1.807) is 12.3 Å². The molecule has 5 nitrogen and oxygen atoms in total. The van der Waals surface area contributed by atoms with Crippen molar-refractivity contribution in [3.05, 3.63) is 12.3 Å². The Morgan fingerprint density at radius 2 is 2.14 bits per heavy atom. The Hall–Kier alpha value is -1.36. The highest BCUT2D eigenvalue weighted by atomic mass is 16.5. The third kappa shape index (κ3) is 4.09. The van der Waals surface area contributed by atoms with Gasteiger partial charge in [-0.3, -0.25) is 0 Å². The Balaban J connectivity index is 1.45. The number of ether oxygens (including phenoxy) is 1. The van der Waals surface area contributed by atoms with E-state index in [1.807, 2.05) is 6.92 Å². The molecule has 1 aromatic rings. The number of rotatable bonds is 6. The first kappa shape index (κ1) is 15.5. The monoisotopic (exact) mass is 304 g/mol. The van der Waals surface area contributed by atoms with Crippen molar-refractivity contribution >= 4 is 5.95 Å². The number of aromatic nitrogens is 2. The van der Waals surface area contributed by atoms with Crippen LogP contribution in [0.2, 0.25) is 0 Å². The zero-order valence-corrected chi connectivity index (χ0v) is 13.6.